The van der Waals surface area contributed by atoms with E-state index in [9.17, 15) is 14.4 Å². The van der Waals surface area contributed by atoms with Gasteiger partial charge in [-0.05, 0) is 36.4 Å². The van der Waals surface area contributed by atoms with Crippen molar-refractivity contribution in [1.29, 1.82) is 0 Å². The van der Waals surface area contributed by atoms with Gasteiger partial charge in [0.25, 0.3) is 17.7 Å². The number of thiophene rings is 1. The van der Waals surface area contributed by atoms with Crippen LogP contribution < -0.4 is 16.2 Å². The number of furan rings is 1. The monoisotopic (exact) mass is 355 g/mol. The van der Waals surface area contributed by atoms with Crippen molar-refractivity contribution in [3.8, 4) is 0 Å². The second-order valence-corrected chi connectivity index (χ2v) is 5.95. The van der Waals surface area contributed by atoms with Crippen LogP contribution in [0, 0.1) is 0 Å². The summed E-state index contributed by atoms with van der Waals surface area (Å²) in [6.07, 6.45) is 1.40. The van der Waals surface area contributed by atoms with E-state index in [4.69, 9.17) is 4.42 Å². The lowest BCUT2D eigenvalue weighted by molar-refractivity contribution is 0.0849. The maximum absolute atomic E-state index is 12.1. The third-order valence-corrected chi connectivity index (χ3v) is 4.14. The van der Waals surface area contributed by atoms with Crippen LogP contribution >= 0.6 is 11.3 Å². The Hall–Kier alpha value is -3.39. The maximum Gasteiger partial charge on any atom is 0.291 e. The molecule has 0 unspecified atom stereocenters. The molecule has 0 spiro atoms. The Morgan fingerprint density at radius 2 is 1.56 bits per heavy atom. The average Bonchev–Trinajstić information content (AvgIpc) is 3.32. The first-order chi connectivity index (χ1) is 12.1. The van der Waals surface area contributed by atoms with Crippen molar-refractivity contribution >= 4 is 34.1 Å². The van der Waals surface area contributed by atoms with Gasteiger partial charge >= 0.3 is 0 Å². The number of amides is 3. The summed E-state index contributed by atoms with van der Waals surface area (Å²) in [6.45, 7) is 0. The van der Waals surface area contributed by atoms with Gasteiger partial charge in [-0.1, -0.05) is 18.2 Å². The van der Waals surface area contributed by atoms with Gasteiger partial charge in [0.15, 0.2) is 5.76 Å². The lowest BCUT2D eigenvalue weighted by atomic mass is 10.2. The highest BCUT2D eigenvalue weighted by Crippen LogP contribution is 2.22. The lowest BCUT2D eigenvalue weighted by Gasteiger charge is -2.05. The summed E-state index contributed by atoms with van der Waals surface area (Å²) >= 11 is 1.08. The van der Waals surface area contributed by atoms with Gasteiger partial charge in [-0.15, -0.1) is 11.3 Å². The zero-order valence-corrected chi connectivity index (χ0v) is 13.6. The molecule has 2 heterocycles. The molecule has 3 rings (SSSR count). The van der Waals surface area contributed by atoms with Crippen molar-refractivity contribution in [2.45, 2.75) is 0 Å². The minimum absolute atomic E-state index is 0.175. The molecule has 1 aromatic carbocycles. The third kappa shape index (κ3) is 4.12. The Morgan fingerprint density at radius 3 is 2.28 bits per heavy atom. The molecule has 0 saturated carbocycles. The van der Waals surface area contributed by atoms with Crippen LogP contribution in [-0.2, 0) is 0 Å². The summed E-state index contributed by atoms with van der Waals surface area (Å²) in [5, 5.41) is 3.12. The SMILES string of the molecule is O=C(NNC(=O)c1ccc(NC(=O)c2ccco2)s1)c1ccccc1. The number of nitrogens with one attached hydrogen (secondary N) is 3. The number of carbonyl (C=O) groups excluding carboxylic acids is 3. The number of hydrogen-bond donors (Lipinski definition) is 3. The van der Waals surface area contributed by atoms with Crippen LogP contribution in [0.3, 0.4) is 0 Å². The van der Waals surface area contributed by atoms with Gasteiger partial charge in [0.2, 0.25) is 0 Å². The Morgan fingerprint density at radius 1 is 0.800 bits per heavy atom. The Balaban J connectivity index is 1.55. The molecule has 8 heteroatoms. The van der Waals surface area contributed by atoms with Gasteiger partial charge in [-0.3, -0.25) is 25.2 Å². The quantitative estimate of drug-likeness (QED) is 0.626. The second kappa shape index (κ2) is 7.45. The van der Waals surface area contributed by atoms with Crippen LogP contribution in [0.2, 0.25) is 0 Å². The van der Waals surface area contributed by atoms with Crippen molar-refractivity contribution in [2.24, 2.45) is 0 Å². The number of rotatable bonds is 4. The fraction of sp³-hybridized carbons (Fsp3) is 0. The Bertz CT molecular complexity index is 888. The molecule has 0 atom stereocenters. The largest absolute Gasteiger partial charge is 0.459 e. The van der Waals surface area contributed by atoms with Crippen molar-refractivity contribution in [1.82, 2.24) is 10.9 Å². The standard InChI is InChI=1S/C17H13N3O4S/c21-15(11-5-2-1-3-6-11)19-20-17(23)13-8-9-14(25-13)18-16(22)12-7-4-10-24-12/h1-10H,(H,18,22)(H,19,21)(H,20,23). The molecule has 0 saturated heterocycles. The molecule has 25 heavy (non-hydrogen) atoms. The molecule has 7 nitrogen and oxygen atoms in total. The number of hydrogen-bond acceptors (Lipinski definition) is 5. The van der Waals surface area contributed by atoms with Gasteiger partial charge in [-0.25, -0.2) is 0 Å². The van der Waals surface area contributed by atoms with Crippen LogP contribution in [0.5, 0.6) is 0 Å². The zero-order chi connectivity index (χ0) is 17.6. The van der Waals surface area contributed by atoms with Gasteiger partial charge in [-0.2, -0.15) is 0 Å². The number of carbonyl (C=O) groups is 3. The van der Waals surface area contributed by atoms with Crippen LogP contribution in [0.1, 0.15) is 30.6 Å². The fourth-order valence-corrected chi connectivity index (χ4v) is 2.74. The summed E-state index contributed by atoms with van der Waals surface area (Å²) in [5.74, 6) is -1.13. The molecular weight excluding hydrogens is 342 g/mol. The van der Waals surface area contributed by atoms with Crippen LogP contribution in [-0.4, -0.2) is 17.7 Å². The van der Waals surface area contributed by atoms with Crippen LogP contribution in [0.25, 0.3) is 0 Å². The molecule has 2 aromatic heterocycles. The highest BCUT2D eigenvalue weighted by Gasteiger charge is 2.14. The smallest absolute Gasteiger partial charge is 0.291 e. The molecular formula is C17H13N3O4S. The van der Waals surface area contributed by atoms with E-state index in [2.05, 4.69) is 16.2 Å². The lowest BCUT2D eigenvalue weighted by Crippen LogP contribution is -2.41. The van der Waals surface area contributed by atoms with E-state index in [1.54, 1.807) is 48.5 Å². The molecule has 126 valence electrons. The molecule has 0 bridgehead atoms. The molecule has 3 N–H and O–H groups in total. The normalized spacial score (nSPS) is 10.1. The number of anilines is 1. The number of benzene rings is 1. The summed E-state index contributed by atoms with van der Waals surface area (Å²) in [5.41, 5.74) is 5.10. The number of hydrazine groups is 1. The topological polar surface area (TPSA) is 100 Å². The molecule has 0 aliphatic heterocycles. The highest BCUT2D eigenvalue weighted by atomic mass is 32.1. The third-order valence-electron chi connectivity index (χ3n) is 3.14. The molecule has 0 aliphatic carbocycles. The van der Waals surface area contributed by atoms with E-state index in [0.29, 0.717) is 15.4 Å². The minimum atomic E-state index is -0.479. The summed E-state index contributed by atoms with van der Waals surface area (Å²) < 4.78 is 4.99. The predicted octanol–water partition coefficient (Wildman–Crippen LogP) is 2.67. The summed E-state index contributed by atoms with van der Waals surface area (Å²) in [7, 11) is 0. The fourth-order valence-electron chi connectivity index (χ4n) is 1.95. The molecule has 3 amide bonds. The predicted molar refractivity (Wildman–Crippen MR) is 92.4 cm³/mol. The van der Waals surface area contributed by atoms with E-state index in [0.717, 1.165) is 11.3 Å². The maximum atomic E-state index is 12.1. The van der Waals surface area contributed by atoms with E-state index >= 15 is 0 Å². The van der Waals surface area contributed by atoms with Crippen molar-refractivity contribution in [2.75, 3.05) is 5.32 Å². The summed E-state index contributed by atoms with van der Waals surface area (Å²) in [4.78, 5) is 36.1. The Kier molecular flexibility index (Phi) is 4.91. The van der Waals surface area contributed by atoms with Crippen LogP contribution in [0.4, 0.5) is 5.00 Å². The minimum Gasteiger partial charge on any atom is -0.459 e. The van der Waals surface area contributed by atoms with E-state index in [-0.39, 0.29) is 5.76 Å². The molecule has 0 radical (unpaired) electrons. The van der Waals surface area contributed by atoms with Gasteiger partial charge in [0.05, 0.1) is 16.1 Å². The highest BCUT2D eigenvalue weighted by molar-refractivity contribution is 7.18. The zero-order valence-electron chi connectivity index (χ0n) is 12.8. The van der Waals surface area contributed by atoms with E-state index in [1.165, 1.54) is 12.3 Å². The van der Waals surface area contributed by atoms with Crippen molar-refractivity contribution < 1.29 is 18.8 Å². The molecule has 0 aliphatic rings. The van der Waals surface area contributed by atoms with Crippen molar-refractivity contribution in [3.63, 3.8) is 0 Å². The Labute approximate surface area is 146 Å². The molecule has 0 fully saturated rings. The van der Waals surface area contributed by atoms with Gasteiger partial charge in [0, 0.05) is 5.56 Å². The second-order valence-electron chi connectivity index (χ2n) is 4.87. The van der Waals surface area contributed by atoms with Crippen molar-refractivity contribution in [3.05, 3.63) is 77.1 Å². The van der Waals surface area contributed by atoms with Crippen LogP contribution in [0.15, 0.2) is 65.3 Å². The first kappa shape index (κ1) is 16.5. The molecule has 3 aromatic rings. The average molecular weight is 355 g/mol. The van der Waals surface area contributed by atoms with Gasteiger partial charge < -0.3 is 9.73 Å². The van der Waals surface area contributed by atoms with E-state index in [1.807, 2.05) is 0 Å². The van der Waals surface area contributed by atoms with E-state index < -0.39 is 17.7 Å². The first-order valence-corrected chi connectivity index (χ1v) is 8.05. The summed E-state index contributed by atoms with van der Waals surface area (Å²) in [6, 6.07) is 14.8. The van der Waals surface area contributed by atoms with Gasteiger partial charge in [0.1, 0.15) is 0 Å². The first-order valence-electron chi connectivity index (χ1n) is 7.24.